The van der Waals surface area contributed by atoms with E-state index in [1.807, 2.05) is 12.1 Å². The van der Waals surface area contributed by atoms with Gasteiger partial charge < -0.3 is 15.5 Å². The number of benzene rings is 1. The molecule has 37 heavy (non-hydrogen) atoms. The molecule has 0 unspecified atom stereocenters. The number of rotatable bonds is 7. The Labute approximate surface area is 230 Å². The zero-order chi connectivity index (χ0) is 25.1. The monoisotopic (exact) mass is 584 g/mol. The van der Waals surface area contributed by atoms with Gasteiger partial charge in [0.1, 0.15) is 0 Å². The summed E-state index contributed by atoms with van der Waals surface area (Å²) >= 11 is 9.64. The Morgan fingerprint density at radius 2 is 1.81 bits per heavy atom. The van der Waals surface area contributed by atoms with Crippen LogP contribution in [0.3, 0.4) is 0 Å². The van der Waals surface area contributed by atoms with E-state index < -0.39 is 0 Å². The van der Waals surface area contributed by atoms with Crippen LogP contribution in [0.25, 0.3) is 11.3 Å². The summed E-state index contributed by atoms with van der Waals surface area (Å²) in [6.45, 7) is 1.17. The van der Waals surface area contributed by atoms with Crippen LogP contribution in [0.5, 0.6) is 0 Å². The fourth-order valence-corrected chi connectivity index (χ4v) is 4.97. The molecule has 1 saturated carbocycles. The molecule has 3 heterocycles. The molecule has 1 aliphatic heterocycles. The van der Waals surface area contributed by atoms with Crippen molar-refractivity contribution in [2.24, 2.45) is 5.92 Å². The van der Waals surface area contributed by atoms with Crippen LogP contribution < -0.4 is 10.6 Å². The first kappa shape index (κ1) is 27.0. The van der Waals surface area contributed by atoms with Gasteiger partial charge in [-0.25, -0.2) is 9.97 Å². The first-order valence-electron chi connectivity index (χ1n) is 12.0. The second-order valence-electron chi connectivity index (χ2n) is 9.16. The molecule has 1 aliphatic carbocycles. The fraction of sp³-hybridized carbons (Fsp3) is 0.370. The smallest absolute Gasteiger partial charge is 0.233 e. The number of carbonyl (C=O) groups excluding carboxylic acids is 2. The highest BCUT2D eigenvalue weighted by atomic mass is 79.9. The Bertz CT molecular complexity index is 1280. The van der Waals surface area contributed by atoms with Crippen LogP contribution in [0.1, 0.15) is 44.6 Å². The number of carbonyl (C=O) groups is 2. The number of alkyl halides is 1. The molecule has 0 bridgehead atoms. The lowest BCUT2D eigenvalue weighted by molar-refractivity contribution is -0.132. The number of likely N-dealkylation sites (tertiary alicyclic amines) is 1. The van der Waals surface area contributed by atoms with Gasteiger partial charge in [-0.05, 0) is 49.3 Å². The van der Waals surface area contributed by atoms with Gasteiger partial charge in [-0.1, -0.05) is 53.2 Å². The summed E-state index contributed by atoms with van der Waals surface area (Å²) in [4.78, 5) is 39.6. The standard InChI is InChI=1S/C26H26BrClN6O2.CH4/c27-12-23(35)34-8-6-17(7-9-34)25(36)31-20-11-21(14-29-13-20)32-26-30-15-22(28)24(33-26)19-3-1-2-18(10-19)16-4-5-16;/h1-3,10-11,13-17H,4-9,12H2,(H,31,36)(H,30,32,33);1H4. The van der Waals surface area contributed by atoms with Gasteiger partial charge in [0, 0.05) is 24.6 Å². The van der Waals surface area contributed by atoms with E-state index in [-0.39, 0.29) is 25.2 Å². The second-order valence-corrected chi connectivity index (χ2v) is 10.1. The molecule has 0 atom stereocenters. The molecule has 3 aromatic rings. The van der Waals surface area contributed by atoms with Gasteiger partial charge in [-0.2, -0.15) is 0 Å². The predicted octanol–water partition coefficient (Wildman–Crippen LogP) is 6.02. The van der Waals surface area contributed by atoms with Crippen molar-refractivity contribution in [3.05, 3.63) is 59.5 Å². The Hall–Kier alpha value is -3.04. The number of anilines is 3. The summed E-state index contributed by atoms with van der Waals surface area (Å²) in [5.74, 6) is 0.868. The molecule has 2 aromatic heterocycles. The predicted molar refractivity (Wildman–Crippen MR) is 150 cm³/mol. The molecule has 2 N–H and O–H groups in total. The van der Waals surface area contributed by atoms with Crippen LogP contribution in [-0.4, -0.2) is 50.1 Å². The van der Waals surface area contributed by atoms with Gasteiger partial charge in [0.15, 0.2) is 0 Å². The van der Waals surface area contributed by atoms with Crippen molar-refractivity contribution in [2.45, 2.75) is 39.0 Å². The first-order valence-corrected chi connectivity index (χ1v) is 13.5. The maximum absolute atomic E-state index is 12.8. The third-order valence-corrected chi connectivity index (χ3v) is 7.30. The summed E-state index contributed by atoms with van der Waals surface area (Å²) in [5.41, 5.74) is 4.15. The van der Waals surface area contributed by atoms with Crippen molar-refractivity contribution in [1.29, 1.82) is 0 Å². The molecule has 10 heteroatoms. The second kappa shape index (κ2) is 12.0. The number of hydrogen-bond acceptors (Lipinski definition) is 6. The first-order chi connectivity index (χ1) is 17.5. The molecule has 2 aliphatic rings. The zero-order valence-corrected chi connectivity index (χ0v) is 21.9. The van der Waals surface area contributed by atoms with Crippen molar-refractivity contribution in [3.8, 4) is 11.3 Å². The van der Waals surface area contributed by atoms with Crippen molar-refractivity contribution in [3.63, 3.8) is 0 Å². The van der Waals surface area contributed by atoms with Gasteiger partial charge >= 0.3 is 0 Å². The molecule has 0 radical (unpaired) electrons. The van der Waals surface area contributed by atoms with Crippen LogP contribution in [0.4, 0.5) is 17.3 Å². The minimum absolute atomic E-state index is 0. The average Bonchev–Trinajstić information content (AvgIpc) is 3.75. The Kier molecular flexibility index (Phi) is 8.76. The molecule has 1 aromatic carbocycles. The van der Waals surface area contributed by atoms with Crippen LogP contribution in [0, 0.1) is 5.92 Å². The highest BCUT2D eigenvalue weighted by Gasteiger charge is 2.27. The third kappa shape index (κ3) is 6.64. The number of hydrogen-bond donors (Lipinski definition) is 2. The molecule has 2 amide bonds. The van der Waals surface area contributed by atoms with Gasteiger partial charge in [0.2, 0.25) is 17.8 Å². The maximum Gasteiger partial charge on any atom is 0.233 e. The molecule has 2 fully saturated rings. The molecule has 0 spiro atoms. The van der Waals surface area contributed by atoms with Crippen molar-refractivity contribution in [2.75, 3.05) is 29.1 Å². The molecule has 194 valence electrons. The minimum Gasteiger partial charge on any atom is -0.342 e. The Morgan fingerprint density at radius 3 is 2.54 bits per heavy atom. The van der Waals surface area contributed by atoms with E-state index >= 15 is 0 Å². The number of amides is 2. The van der Waals surface area contributed by atoms with Gasteiger partial charge in [-0.3, -0.25) is 14.6 Å². The Morgan fingerprint density at radius 1 is 1.05 bits per heavy atom. The van der Waals surface area contributed by atoms with E-state index in [2.05, 4.69) is 53.6 Å². The van der Waals surface area contributed by atoms with E-state index in [4.69, 9.17) is 11.6 Å². The van der Waals surface area contributed by atoms with Crippen molar-refractivity contribution in [1.82, 2.24) is 19.9 Å². The number of nitrogens with one attached hydrogen (secondary N) is 2. The summed E-state index contributed by atoms with van der Waals surface area (Å²) in [7, 11) is 0. The highest BCUT2D eigenvalue weighted by molar-refractivity contribution is 9.09. The lowest BCUT2D eigenvalue weighted by atomic mass is 9.96. The number of nitrogens with zero attached hydrogens (tertiary/aromatic N) is 4. The van der Waals surface area contributed by atoms with Crippen LogP contribution in [-0.2, 0) is 9.59 Å². The molecular weight excluding hydrogens is 556 g/mol. The minimum atomic E-state index is -0.144. The normalized spacial score (nSPS) is 15.6. The summed E-state index contributed by atoms with van der Waals surface area (Å²) in [5, 5.41) is 6.90. The number of piperidine rings is 1. The lowest BCUT2D eigenvalue weighted by Crippen LogP contribution is -2.41. The maximum atomic E-state index is 12.8. The van der Waals surface area contributed by atoms with E-state index in [0.29, 0.717) is 65.2 Å². The van der Waals surface area contributed by atoms with Gasteiger partial charge in [0.05, 0.1) is 46.0 Å². The fourth-order valence-electron chi connectivity index (χ4n) is 4.41. The highest BCUT2D eigenvalue weighted by Crippen LogP contribution is 2.41. The Balaban J connectivity index is 0.00000320. The number of pyridine rings is 1. The van der Waals surface area contributed by atoms with E-state index in [1.165, 1.54) is 18.4 Å². The van der Waals surface area contributed by atoms with E-state index in [1.54, 1.807) is 29.6 Å². The van der Waals surface area contributed by atoms with E-state index in [9.17, 15) is 9.59 Å². The SMILES string of the molecule is C.O=C(Nc1cncc(Nc2ncc(Cl)c(-c3cccc(C4CC4)c3)n2)c1)C1CCN(C(=O)CBr)CC1. The molecule has 5 rings (SSSR count). The molecule has 8 nitrogen and oxygen atoms in total. The molecular formula is C27H30BrClN6O2. The molecule has 1 saturated heterocycles. The summed E-state index contributed by atoms with van der Waals surface area (Å²) < 4.78 is 0. The van der Waals surface area contributed by atoms with Gasteiger partial charge in [0.25, 0.3) is 0 Å². The summed E-state index contributed by atoms with van der Waals surface area (Å²) in [6.07, 6.45) is 8.56. The average molecular weight is 586 g/mol. The third-order valence-electron chi connectivity index (χ3n) is 6.55. The van der Waals surface area contributed by atoms with Crippen molar-refractivity contribution >= 4 is 56.7 Å². The van der Waals surface area contributed by atoms with Crippen molar-refractivity contribution < 1.29 is 9.59 Å². The lowest BCUT2D eigenvalue weighted by Gasteiger charge is -2.31. The van der Waals surface area contributed by atoms with Crippen LogP contribution in [0.15, 0.2) is 48.9 Å². The largest absolute Gasteiger partial charge is 0.342 e. The van der Waals surface area contributed by atoms with Gasteiger partial charge in [-0.15, -0.1) is 0 Å². The van der Waals surface area contributed by atoms with Crippen LogP contribution in [0.2, 0.25) is 5.02 Å². The van der Waals surface area contributed by atoms with Crippen LogP contribution >= 0.6 is 27.5 Å². The number of halogens is 2. The van der Waals surface area contributed by atoms with E-state index in [0.717, 1.165) is 5.56 Å². The number of aromatic nitrogens is 3. The topological polar surface area (TPSA) is 100 Å². The summed E-state index contributed by atoms with van der Waals surface area (Å²) in [6, 6.07) is 10.1. The quantitative estimate of drug-likeness (QED) is 0.329. The zero-order valence-electron chi connectivity index (χ0n) is 19.6.